The molecule has 0 saturated heterocycles. The number of hydrogen-bond acceptors (Lipinski definition) is 7. The molecule has 42 heavy (non-hydrogen) atoms. The normalized spacial score (nSPS) is 11.8. The van der Waals surface area contributed by atoms with E-state index in [4.69, 9.17) is 18.9 Å². The number of nitrogens with zero attached hydrogens (tertiary/aromatic N) is 1. The number of carbonyl (C=O) groups is 2. The number of halogens is 3. The maximum atomic E-state index is 13.0. The second-order valence-electron chi connectivity index (χ2n) is 8.84. The summed E-state index contributed by atoms with van der Waals surface area (Å²) in [6.45, 7) is 2.55. The van der Waals surface area contributed by atoms with Gasteiger partial charge in [0.05, 0.1) is 13.2 Å². The standard InChI is InChI=1S/C30H32F3NO8/c1-2-38-27(28(35)36)21-22-13-15-24(16-14-22)40-20-18-34(17-8-19-39-23-9-4-3-5-10-23)29(37)41-25-11-6-7-12-26(25)42-30(31,32)33/h3-7,9-16,27H,2,8,17-21H2,1H3,(H,35,36). The van der Waals surface area contributed by atoms with Crippen LogP contribution in [0.3, 0.4) is 0 Å². The lowest BCUT2D eigenvalue weighted by molar-refractivity contribution is -0.275. The minimum absolute atomic E-state index is 0.0470. The summed E-state index contributed by atoms with van der Waals surface area (Å²) in [6, 6.07) is 20.9. The summed E-state index contributed by atoms with van der Waals surface area (Å²) < 4.78 is 64.3. The highest BCUT2D eigenvalue weighted by Gasteiger charge is 2.33. The summed E-state index contributed by atoms with van der Waals surface area (Å²) in [6.07, 6.45) is -6.21. The lowest BCUT2D eigenvalue weighted by Crippen LogP contribution is -2.38. The van der Waals surface area contributed by atoms with E-state index < -0.39 is 30.3 Å². The smallest absolute Gasteiger partial charge is 0.494 e. The van der Waals surface area contributed by atoms with E-state index in [1.807, 2.05) is 18.2 Å². The summed E-state index contributed by atoms with van der Waals surface area (Å²) in [7, 11) is 0. The summed E-state index contributed by atoms with van der Waals surface area (Å²) in [5.41, 5.74) is 0.742. The molecule has 1 amide bonds. The summed E-state index contributed by atoms with van der Waals surface area (Å²) in [5, 5.41) is 9.27. The first-order chi connectivity index (χ1) is 20.1. The van der Waals surface area contributed by atoms with Crippen LogP contribution in [0, 0.1) is 0 Å². The van der Waals surface area contributed by atoms with Crippen molar-refractivity contribution in [1.82, 2.24) is 4.90 Å². The van der Waals surface area contributed by atoms with Crippen LogP contribution >= 0.6 is 0 Å². The van der Waals surface area contributed by atoms with Crippen LogP contribution in [0.5, 0.6) is 23.0 Å². The van der Waals surface area contributed by atoms with Gasteiger partial charge < -0.3 is 33.7 Å². The quantitative estimate of drug-likeness (QED) is 0.204. The highest BCUT2D eigenvalue weighted by molar-refractivity contribution is 5.73. The minimum atomic E-state index is -4.96. The number of carbonyl (C=O) groups excluding carboxylic acids is 1. The Hall–Kier alpha value is -4.45. The second-order valence-corrected chi connectivity index (χ2v) is 8.84. The van der Waals surface area contributed by atoms with E-state index in [-0.39, 0.29) is 45.1 Å². The summed E-state index contributed by atoms with van der Waals surface area (Å²) in [4.78, 5) is 25.6. The molecular weight excluding hydrogens is 559 g/mol. The van der Waals surface area contributed by atoms with Gasteiger partial charge in [-0.2, -0.15) is 0 Å². The highest BCUT2D eigenvalue weighted by atomic mass is 19.4. The van der Waals surface area contributed by atoms with Gasteiger partial charge in [-0.05, 0) is 55.3 Å². The third-order valence-electron chi connectivity index (χ3n) is 5.73. The number of alkyl halides is 3. The van der Waals surface area contributed by atoms with Crippen LogP contribution in [0.2, 0.25) is 0 Å². The Labute approximate surface area is 241 Å². The lowest BCUT2D eigenvalue weighted by atomic mass is 10.1. The van der Waals surface area contributed by atoms with Crippen LogP contribution in [-0.4, -0.2) is 67.4 Å². The van der Waals surface area contributed by atoms with E-state index in [2.05, 4.69) is 4.74 Å². The van der Waals surface area contributed by atoms with Crippen molar-refractivity contribution in [3.63, 3.8) is 0 Å². The third-order valence-corrected chi connectivity index (χ3v) is 5.73. The number of rotatable bonds is 16. The Kier molecular flexibility index (Phi) is 12.3. The number of carboxylic acid groups (broad SMARTS) is 1. The van der Waals surface area contributed by atoms with Gasteiger partial charge in [0.15, 0.2) is 17.6 Å². The first-order valence-electron chi connectivity index (χ1n) is 13.2. The molecular formula is C30H32F3NO8. The van der Waals surface area contributed by atoms with Crippen molar-refractivity contribution >= 4 is 12.1 Å². The van der Waals surface area contributed by atoms with Gasteiger partial charge in [-0.25, -0.2) is 9.59 Å². The summed E-state index contributed by atoms with van der Waals surface area (Å²) in [5.74, 6) is -0.935. The van der Waals surface area contributed by atoms with E-state index in [1.54, 1.807) is 43.3 Å². The van der Waals surface area contributed by atoms with Crippen LogP contribution in [0.25, 0.3) is 0 Å². The number of aliphatic carboxylic acids is 1. The zero-order chi connectivity index (χ0) is 30.4. The van der Waals surface area contributed by atoms with E-state index >= 15 is 0 Å². The first kappa shape index (κ1) is 32.1. The molecule has 0 heterocycles. The molecule has 0 saturated carbocycles. The third kappa shape index (κ3) is 11.2. The van der Waals surface area contributed by atoms with E-state index in [1.165, 1.54) is 23.1 Å². The Balaban J connectivity index is 1.60. The zero-order valence-corrected chi connectivity index (χ0v) is 22.9. The number of benzene rings is 3. The lowest BCUT2D eigenvalue weighted by Gasteiger charge is -2.23. The number of amides is 1. The van der Waals surface area contributed by atoms with Gasteiger partial charge in [-0.3, -0.25) is 0 Å². The Bertz CT molecular complexity index is 1260. The average molecular weight is 592 g/mol. The Morgan fingerprint density at radius 1 is 0.833 bits per heavy atom. The van der Waals surface area contributed by atoms with Crippen molar-refractivity contribution < 1.29 is 51.6 Å². The van der Waals surface area contributed by atoms with Gasteiger partial charge in [0.25, 0.3) is 0 Å². The molecule has 0 radical (unpaired) electrons. The number of ether oxygens (including phenoxy) is 5. The Morgan fingerprint density at radius 3 is 2.10 bits per heavy atom. The molecule has 226 valence electrons. The molecule has 0 aromatic heterocycles. The molecule has 3 rings (SSSR count). The molecule has 0 aliphatic rings. The number of para-hydroxylation sites is 3. The van der Waals surface area contributed by atoms with Crippen LogP contribution in [0.4, 0.5) is 18.0 Å². The monoisotopic (exact) mass is 591 g/mol. The van der Waals surface area contributed by atoms with Crippen LogP contribution in [0.1, 0.15) is 18.9 Å². The van der Waals surface area contributed by atoms with Gasteiger partial charge in [-0.1, -0.05) is 42.5 Å². The largest absolute Gasteiger partial charge is 0.573 e. The Morgan fingerprint density at radius 2 is 1.45 bits per heavy atom. The van der Waals surface area contributed by atoms with Crippen LogP contribution in [0.15, 0.2) is 78.9 Å². The average Bonchev–Trinajstić information content (AvgIpc) is 2.95. The molecule has 0 aliphatic heterocycles. The molecule has 12 heteroatoms. The first-order valence-corrected chi connectivity index (χ1v) is 13.2. The maximum absolute atomic E-state index is 13.0. The molecule has 0 fully saturated rings. The van der Waals surface area contributed by atoms with Crippen molar-refractivity contribution in [1.29, 1.82) is 0 Å². The molecule has 0 aliphatic carbocycles. The molecule has 0 spiro atoms. The molecule has 1 N–H and O–H groups in total. The van der Waals surface area contributed by atoms with Gasteiger partial charge in [0, 0.05) is 19.6 Å². The molecule has 9 nitrogen and oxygen atoms in total. The zero-order valence-electron chi connectivity index (χ0n) is 22.9. The minimum Gasteiger partial charge on any atom is -0.494 e. The fourth-order valence-electron chi connectivity index (χ4n) is 3.79. The molecule has 1 unspecified atom stereocenters. The fraction of sp³-hybridized carbons (Fsp3) is 0.333. The van der Waals surface area contributed by atoms with E-state index in [0.717, 1.165) is 11.6 Å². The fourth-order valence-corrected chi connectivity index (χ4v) is 3.79. The van der Waals surface area contributed by atoms with Crippen molar-refractivity contribution in [2.45, 2.75) is 32.2 Å². The molecule has 1 atom stereocenters. The van der Waals surface area contributed by atoms with Gasteiger partial charge in [0.1, 0.15) is 18.1 Å². The van der Waals surface area contributed by atoms with E-state index in [0.29, 0.717) is 17.9 Å². The molecule has 3 aromatic rings. The SMILES string of the molecule is CCOC(Cc1ccc(OCCN(CCCOc2ccccc2)C(=O)Oc2ccccc2OC(F)(F)F)cc1)C(=O)O. The predicted octanol–water partition coefficient (Wildman–Crippen LogP) is 5.97. The van der Waals surface area contributed by atoms with Crippen molar-refractivity contribution in [2.75, 3.05) is 32.9 Å². The van der Waals surface area contributed by atoms with Gasteiger partial charge in [0.2, 0.25) is 0 Å². The van der Waals surface area contributed by atoms with Crippen molar-refractivity contribution in [3.05, 3.63) is 84.4 Å². The maximum Gasteiger partial charge on any atom is 0.573 e. The van der Waals surface area contributed by atoms with E-state index in [9.17, 15) is 27.9 Å². The van der Waals surface area contributed by atoms with Crippen LogP contribution < -0.4 is 18.9 Å². The van der Waals surface area contributed by atoms with Gasteiger partial charge >= 0.3 is 18.4 Å². The second kappa shape index (κ2) is 16.1. The highest BCUT2D eigenvalue weighted by Crippen LogP contribution is 2.32. The topological polar surface area (TPSA) is 104 Å². The van der Waals surface area contributed by atoms with Gasteiger partial charge in [-0.15, -0.1) is 13.2 Å². The molecule has 0 bridgehead atoms. The molecule has 3 aromatic carbocycles. The van der Waals surface area contributed by atoms with Crippen molar-refractivity contribution in [3.8, 4) is 23.0 Å². The summed E-state index contributed by atoms with van der Waals surface area (Å²) >= 11 is 0. The predicted molar refractivity (Wildman–Crippen MR) is 146 cm³/mol. The number of carboxylic acids is 1. The van der Waals surface area contributed by atoms with Crippen LogP contribution in [-0.2, 0) is 16.0 Å². The number of hydrogen-bond donors (Lipinski definition) is 1. The van der Waals surface area contributed by atoms with Crippen molar-refractivity contribution in [2.24, 2.45) is 0 Å².